The van der Waals surface area contributed by atoms with Crippen molar-refractivity contribution in [3.05, 3.63) is 23.7 Å². The Bertz CT molecular complexity index is 293. The van der Waals surface area contributed by atoms with E-state index < -0.39 is 0 Å². The Morgan fingerprint density at radius 3 is 3.15 bits per heavy atom. The van der Waals surface area contributed by atoms with E-state index in [-0.39, 0.29) is 6.04 Å². The van der Waals surface area contributed by atoms with Gasteiger partial charge in [-0.25, -0.2) is 0 Å². The number of hydrogen-bond donors (Lipinski definition) is 2. The monoisotopic (exact) mass is 180 g/mol. The molecule has 0 aromatic carbocycles. The van der Waals surface area contributed by atoms with Crippen LogP contribution in [0.2, 0.25) is 0 Å². The van der Waals surface area contributed by atoms with E-state index in [9.17, 15) is 0 Å². The van der Waals surface area contributed by atoms with Crippen molar-refractivity contribution < 1.29 is 4.74 Å². The summed E-state index contributed by atoms with van der Waals surface area (Å²) in [4.78, 5) is 0. The van der Waals surface area contributed by atoms with Crippen molar-refractivity contribution in [2.45, 2.75) is 18.9 Å². The van der Waals surface area contributed by atoms with Gasteiger partial charge in [-0.3, -0.25) is 0 Å². The first-order valence-electron chi connectivity index (χ1n) is 4.32. The van der Waals surface area contributed by atoms with Gasteiger partial charge >= 0.3 is 0 Å². The molecular formula is C8H12N4O. The maximum Gasteiger partial charge on any atom is 0.115 e. The van der Waals surface area contributed by atoms with Gasteiger partial charge < -0.3 is 10.5 Å². The molecule has 0 radical (unpaired) electrons. The van der Waals surface area contributed by atoms with Gasteiger partial charge in [0.25, 0.3) is 0 Å². The standard InChI is InChI=1S/C8H12N4O/c9-8(6-5-10-12-11-6)7-3-1-2-4-13-7/h3,5,8H,1-2,4,9H2,(H,10,11,12). The van der Waals surface area contributed by atoms with Gasteiger partial charge in [0.1, 0.15) is 17.5 Å². The van der Waals surface area contributed by atoms with Gasteiger partial charge in [0, 0.05) is 0 Å². The van der Waals surface area contributed by atoms with E-state index >= 15 is 0 Å². The second kappa shape index (κ2) is 3.57. The average molecular weight is 180 g/mol. The van der Waals surface area contributed by atoms with Gasteiger partial charge in [-0.1, -0.05) is 0 Å². The van der Waals surface area contributed by atoms with Crippen LogP contribution in [0.4, 0.5) is 0 Å². The van der Waals surface area contributed by atoms with Crippen LogP contribution in [0.5, 0.6) is 0 Å². The lowest BCUT2D eigenvalue weighted by atomic mass is 10.1. The summed E-state index contributed by atoms with van der Waals surface area (Å²) >= 11 is 0. The molecule has 2 heterocycles. The maximum absolute atomic E-state index is 5.90. The molecule has 3 N–H and O–H groups in total. The van der Waals surface area contributed by atoms with Crippen LogP contribution in [0.1, 0.15) is 24.6 Å². The Balaban J connectivity index is 2.12. The smallest absolute Gasteiger partial charge is 0.115 e. The normalized spacial score (nSPS) is 19.0. The van der Waals surface area contributed by atoms with Crippen LogP contribution < -0.4 is 5.73 Å². The zero-order chi connectivity index (χ0) is 9.10. The molecule has 1 aromatic rings. The molecule has 1 aliphatic rings. The number of nitrogens with one attached hydrogen (secondary N) is 1. The zero-order valence-electron chi connectivity index (χ0n) is 7.23. The number of ether oxygens (including phenoxy) is 1. The van der Waals surface area contributed by atoms with E-state index in [1.807, 2.05) is 6.08 Å². The number of hydrogen-bond acceptors (Lipinski definition) is 4. The number of H-pyrrole nitrogens is 1. The third-order valence-electron chi connectivity index (χ3n) is 2.02. The van der Waals surface area contributed by atoms with E-state index in [0.29, 0.717) is 5.69 Å². The molecule has 0 saturated carbocycles. The Morgan fingerprint density at radius 1 is 1.62 bits per heavy atom. The van der Waals surface area contributed by atoms with Crippen LogP contribution in [0, 0.1) is 0 Å². The SMILES string of the molecule is NC(C1=CCCCO1)c1cn[nH]n1. The molecule has 13 heavy (non-hydrogen) atoms. The minimum atomic E-state index is -0.279. The summed E-state index contributed by atoms with van der Waals surface area (Å²) in [6, 6.07) is -0.279. The molecule has 0 spiro atoms. The summed E-state index contributed by atoms with van der Waals surface area (Å²) in [5.41, 5.74) is 6.61. The Labute approximate surface area is 76.0 Å². The number of aromatic amines is 1. The fourth-order valence-corrected chi connectivity index (χ4v) is 1.30. The topological polar surface area (TPSA) is 76.8 Å². The molecule has 0 amide bonds. The zero-order valence-corrected chi connectivity index (χ0v) is 7.23. The number of nitrogens with zero attached hydrogens (tertiary/aromatic N) is 2. The molecule has 1 unspecified atom stereocenters. The summed E-state index contributed by atoms with van der Waals surface area (Å²) < 4.78 is 5.42. The van der Waals surface area contributed by atoms with E-state index in [2.05, 4.69) is 15.4 Å². The minimum absolute atomic E-state index is 0.279. The number of nitrogens with two attached hydrogens (primary N) is 1. The van der Waals surface area contributed by atoms with Gasteiger partial charge in [0.2, 0.25) is 0 Å². The van der Waals surface area contributed by atoms with Crippen LogP contribution in [0.15, 0.2) is 18.0 Å². The molecule has 0 saturated heterocycles. The summed E-state index contributed by atoms with van der Waals surface area (Å²) in [5.74, 6) is 0.806. The van der Waals surface area contributed by atoms with Crippen molar-refractivity contribution in [2.75, 3.05) is 6.61 Å². The Hall–Kier alpha value is -1.36. The van der Waals surface area contributed by atoms with E-state index in [1.165, 1.54) is 0 Å². The Kier molecular flexibility index (Phi) is 2.27. The molecule has 5 heteroatoms. The molecule has 70 valence electrons. The molecule has 0 bridgehead atoms. The predicted octanol–water partition coefficient (Wildman–Crippen LogP) is 0.499. The highest BCUT2D eigenvalue weighted by atomic mass is 16.5. The highest BCUT2D eigenvalue weighted by molar-refractivity contribution is 5.14. The highest BCUT2D eigenvalue weighted by Crippen LogP contribution is 2.21. The summed E-state index contributed by atoms with van der Waals surface area (Å²) in [7, 11) is 0. The molecule has 0 fully saturated rings. The molecule has 1 atom stereocenters. The number of rotatable bonds is 2. The largest absolute Gasteiger partial charge is 0.496 e. The van der Waals surface area contributed by atoms with E-state index in [0.717, 1.165) is 25.2 Å². The molecular weight excluding hydrogens is 168 g/mol. The van der Waals surface area contributed by atoms with Crippen molar-refractivity contribution in [3.63, 3.8) is 0 Å². The maximum atomic E-state index is 5.90. The molecule has 1 aliphatic heterocycles. The molecule has 0 aliphatic carbocycles. The lowest BCUT2D eigenvalue weighted by Crippen LogP contribution is -2.18. The van der Waals surface area contributed by atoms with Crippen molar-refractivity contribution in [1.82, 2.24) is 15.4 Å². The van der Waals surface area contributed by atoms with Gasteiger partial charge in [-0.2, -0.15) is 15.4 Å². The number of aromatic nitrogens is 3. The van der Waals surface area contributed by atoms with Gasteiger partial charge in [0.15, 0.2) is 0 Å². The predicted molar refractivity (Wildman–Crippen MR) is 46.6 cm³/mol. The van der Waals surface area contributed by atoms with Crippen molar-refractivity contribution >= 4 is 0 Å². The Morgan fingerprint density at radius 2 is 2.54 bits per heavy atom. The summed E-state index contributed by atoms with van der Waals surface area (Å²) in [6.45, 7) is 0.747. The first-order valence-corrected chi connectivity index (χ1v) is 4.32. The third kappa shape index (κ3) is 1.70. The van der Waals surface area contributed by atoms with Gasteiger partial charge in [-0.15, -0.1) is 0 Å². The molecule has 5 nitrogen and oxygen atoms in total. The lowest BCUT2D eigenvalue weighted by Gasteiger charge is -2.18. The van der Waals surface area contributed by atoms with Crippen molar-refractivity contribution in [1.29, 1.82) is 0 Å². The van der Waals surface area contributed by atoms with Crippen molar-refractivity contribution in [2.24, 2.45) is 5.73 Å². The van der Waals surface area contributed by atoms with Crippen LogP contribution >= 0.6 is 0 Å². The van der Waals surface area contributed by atoms with Gasteiger partial charge in [-0.05, 0) is 18.9 Å². The van der Waals surface area contributed by atoms with Crippen LogP contribution in [0.25, 0.3) is 0 Å². The quantitative estimate of drug-likeness (QED) is 0.694. The van der Waals surface area contributed by atoms with Gasteiger partial charge in [0.05, 0.1) is 12.8 Å². The van der Waals surface area contributed by atoms with Crippen LogP contribution in [-0.2, 0) is 4.74 Å². The number of allylic oxidation sites excluding steroid dienone is 1. The first kappa shape index (κ1) is 8.25. The van der Waals surface area contributed by atoms with E-state index in [1.54, 1.807) is 6.20 Å². The first-order chi connectivity index (χ1) is 6.38. The van der Waals surface area contributed by atoms with Crippen LogP contribution in [-0.4, -0.2) is 22.0 Å². The second-order valence-corrected chi connectivity index (χ2v) is 2.97. The summed E-state index contributed by atoms with van der Waals surface area (Å²) in [5, 5.41) is 10.1. The fraction of sp³-hybridized carbons (Fsp3) is 0.500. The van der Waals surface area contributed by atoms with Crippen LogP contribution in [0.3, 0.4) is 0 Å². The fourth-order valence-electron chi connectivity index (χ4n) is 1.30. The average Bonchev–Trinajstić information content (AvgIpc) is 2.71. The van der Waals surface area contributed by atoms with E-state index in [4.69, 9.17) is 10.5 Å². The third-order valence-corrected chi connectivity index (χ3v) is 2.02. The lowest BCUT2D eigenvalue weighted by molar-refractivity contribution is 0.175. The van der Waals surface area contributed by atoms with Crippen molar-refractivity contribution in [3.8, 4) is 0 Å². The molecule has 2 rings (SSSR count). The molecule has 1 aromatic heterocycles. The summed E-state index contributed by atoms with van der Waals surface area (Å²) in [6.07, 6.45) is 5.72. The second-order valence-electron chi connectivity index (χ2n) is 2.97. The minimum Gasteiger partial charge on any atom is -0.496 e. The highest BCUT2D eigenvalue weighted by Gasteiger charge is 2.17.